The summed E-state index contributed by atoms with van der Waals surface area (Å²) < 4.78 is 12.8. The SMILES string of the molecule is COc1cccc(O[C@H]2CCN(C(=O)Cn3nnc4ccccc43)CC[C@@H]2O)c1. The highest BCUT2D eigenvalue weighted by Crippen LogP contribution is 2.24. The van der Waals surface area contributed by atoms with E-state index in [0.29, 0.717) is 37.4 Å². The van der Waals surface area contributed by atoms with Crippen molar-refractivity contribution in [3.63, 3.8) is 0 Å². The fraction of sp³-hybridized carbons (Fsp3) is 0.381. The molecule has 0 bridgehead atoms. The maximum atomic E-state index is 12.8. The number of hydrogen-bond acceptors (Lipinski definition) is 6. The number of carbonyl (C=O) groups is 1. The van der Waals surface area contributed by atoms with Gasteiger partial charge in [0.1, 0.15) is 29.7 Å². The molecule has 0 saturated carbocycles. The van der Waals surface area contributed by atoms with Gasteiger partial charge in [-0.2, -0.15) is 0 Å². The fourth-order valence-corrected chi connectivity index (χ4v) is 3.56. The van der Waals surface area contributed by atoms with Crippen LogP contribution in [0.15, 0.2) is 48.5 Å². The number of likely N-dealkylation sites (tertiary alicyclic amines) is 1. The highest BCUT2D eigenvalue weighted by molar-refractivity contribution is 5.79. The molecule has 3 aromatic rings. The van der Waals surface area contributed by atoms with E-state index in [1.807, 2.05) is 42.5 Å². The number of carbonyl (C=O) groups excluding carboxylic acids is 1. The number of nitrogens with zero attached hydrogens (tertiary/aromatic N) is 4. The van der Waals surface area contributed by atoms with Gasteiger partial charge in [0.15, 0.2) is 0 Å². The number of methoxy groups -OCH3 is 1. The van der Waals surface area contributed by atoms with Crippen LogP contribution in [0.25, 0.3) is 11.0 Å². The van der Waals surface area contributed by atoms with Crippen LogP contribution >= 0.6 is 0 Å². The monoisotopic (exact) mass is 396 g/mol. The van der Waals surface area contributed by atoms with E-state index in [4.69, 9.17) is 9.47 Å². The predicted molar refractivity (Wildman–Crippen MR) is 107 cm³/mol. The molecule has 0 aliphatic carbocycles. The summed E-state index contributed by atoms with van der Waals surface area (Å²) in [5.41, 5.74) is 1.59. The molecule has 0 radical (unpaired) electrons. The van der Waals surface area contributed by atoms with E-state index in [2.05, 4.69) is 10.3 Å². The third kappa shape index (κ3) is 4.32. The topological polar surface area (TPSA) is 89.7 Å². The van der Waals surface area contributed by atoms with E-state index in [0.717, 1.165) is 11.0 Å². The first-order valence-corrected chi connectivity index (χ1v) is 9.69. The van der Waals surface area contributed by atoms with Gasteiger partial charge in [0.05, 0.1) is 18.7 Å². The molecule has 4 rings (SSSR count). The lowest BCUT2D eigenvalue weighted by atomic mass is 10.1. The molecule has 1 aliphatic rings. The second-order valence-corrected chi connectivity index (χ2v) is 7.10. The number of rotatable bonds is 5. The van der Waals surface area contributed by atoms with Gasteiger partial charge < -0.3 is 19.5 Å². The number of aliphatic hydroxyl groups excluding tert-OH is 1. The van der Waals surface area contributed by atoms with Crippen LogP contribution in [0.1, 0.15) is 12.8 Å². The highest BCUT2D eigenvalue weighted by atomic mass is 16.5. The van der Waals surface area contributed by atoms with Gasteiger partial charge in [0, 0.05) is 25.6 Å². The maximum Gasteiger partial charge on any atom is 0.244 e. The van der Waals surface area contributed by atoms with Gasteiger partial charge in [-0.05, 0) is 30.7 Å². The molecular weight excluding hydrogens is 372 g/mol. The predicted octanol–water partition coefficient (Wildman–Crippen LogP) is 1.87. The molecule has 1 amide bonds. The van der Waals surface area contributed by atoms with E-state index in [9.17, 15) is 9.90 Å². The van der Waals surface area contributed by atoms with Crippen molar-refractivity contribution in [2.75, 3.05) is 20.2 Å². The first kappa shape index (κ1) is 19.2. The summed E-state index contributed by atoms with van der Waals surface area (Å²) >= 11 is 0. The van der Waals surface area contributed by atoms with Crippen molar-refractivity contribution in [3.8, 4) is 11.5 Å². The van der Waals surface area contributed by atoms with Crippen LogP contribution in [0, 0.1) is 0 Å². The number of fused-ring (bicyclic) bond motifs is 1. The summed E-state index contributed by atoms with van der Waals surface area (Å²) in [6, 6.07) is 14.9. The molecule has 1 aliphatic heterocycles. The molecule has 0 spiro atoms. The van der Waals surface area contributed by atoms with Crippen LogP contribution in [-0.4, -0.2) is 63.3 Å². The van der Waals surface area contributed by atoms with Gasteiger partial charge in [0.25, 0.3) is 0 Å². The number of para-hydroxylation sites is 1. The van der Waals surface area contributed by atoms with Crippen molar-refractivity contribution < 1.29 is 19.4 Å². The zero-order chi connectivity index (χ0) is 20.2. The first-order chi connectivity index (χ1) is 14.1. The first-order valence-electron chi connectivity index (χ1n) is 9.69. The zero-order valence-corrected chi connectivity index (χ0v) is 16.3. The molecule has 29 heavy (non-hydrogen) atoms. The Morgan fingerprint density at radius 3 is 2.79 bits per heavy atom. The molecule has 152 valence electrons. The van der Waals surface area contributed by atoms with Crippen LogP contribution in [0.2, 0.25) is 0 Å². The second kappa shape index (κ2) is 8.48. The minimum Gasteiger partial charge on any atom is -0.497 e. The van der Waals surface area contributed by atoms with Crippen LogP contribution in [0.5, 0.6) is 11.5 Å². The Kier molecular flexibility index (Phi) is 5.62. The fourth-order valence-electron chi connectivity index (χ4n) is 3.56. The van der Waals surface area contributed by atoms with Crippen LogP contribution in [0.3, 0.4) is 0 Å². The normalized spacial score (nSPS) is 19.7. The van der Waals surface area contributed by atoms with E-state index in [1.165, 1.54) is 0 Å². The quantitative estimate of drug-likeness (QED) is 0.708. The molecule has 1 aromatic heterocycles. The maximum absolute atomic E-state index is 12.8. The molecule has 0 unspecified atom stereocenters. The Balaban J connectivity index is 1.40. The Hall–Kier alpha value is -3.13. The Morgan fingerprint density at radius 2 is 1.93 bits per heavy atom. The number of aromatic nitrogens is 3. The summed E-state index contributed by atoms with van der Waals surface area (Å²) in [4.78, 5) is 14.6. The second-order valence-electron chi connectivity index (χ2n) is 7.10. The molecule has 2 heterocycles. The summed E-state index contributed by atoms with van der Waals surface area (Å²) in [5, 5.41) is 18.7. The standard InChI is InChI=1S/C21H24N4O4/c1-28-15-5-4-6-16(13-15)29-20-10-12-24(11-9-19(20)26)21(27)14-25-18-8-3-2-7-17(18)22-23-25/h2-8,13,19-20,26H,9-12,14H2,1H3/t19-,20-/m0/s1. The van der Waals surface area contributed by atoms with Crippen molar-refractivity contribution in [3.05, 3.63) is 48.5 Å². The van der Waals surface area contributed by atoms with Crippen molar-refractivity contribution in [2.24, 2.45) is 0 Å². The molecule has 8 heteroatoms. The average Bonchev–Trinajstić information content (AvgIpc) is 3.06. The third-order valence-corrected chi connectivity index (χ3v) is 5.19. The van der Waals surface area contributed by atoms with E-state index in [-0.39, 0.29) is 18.6 Å². The minimum absolute atomic E-state index is 0.0464. The molecule has 2 atom stereocenters. The number of benzene rings is 2. The number of aliphatic hydroxyl groups is 1. The molecule has 1 fully saturated rings. The van der Waals surface area contributed by atoms with Crippen molar-refractivity contribution in [1.82, 2.24) is 19.9 Å². The van der Waals surface area contributed by atoms with Crippen molar-refractivity contribution in [1.29, 1.82) is 0 Å². The minimum atomic E-state index is -0.647. The van der Waals surface area contributed by atoms with Crippen LogP contribution in [-0.2, 0) is 11.3 Å². The van der Waals surface area contributed by atoms with E-state index < -0.39 is 6.10 Å². The molecule has 2 aromatic carbocycles. The Morgan fingerprint density at radius 1 is 1.14 bits per heavy atom. The summed E-state index contributed by atoms with van der Waals surface area (Å²) in [6.07, 6.45) is -0.0286. The summed E-state index contributed by atoms with van der Waals surface area (Å²) in [6.45, 7) is 1.11. The largest absolute Gasteiger partial charge is 0.497 e. The number of hydrogen-bond donors (Lipinski definition) is 1. The van der Waals surface area contributed by atoms with Gasteiger partial charge in [-0.1, -0.05) is 23.4 Å². The van der Waals surface area contributed by atoms with Crippen LogP contribution < -0.4 is 9.47 Å². The van der Waals surface area contributed by atoms with Gasteiger partial charge in [-0.15, -0.1) is 5.10 Å². The number of amides is 1. The van der Waals surface area contributed by atoms with Gasteiger partial charge in [-0.25, -0.2) is 4.68 Å². The number of ether oxygens (including phenoxy) is 2. The smallest absolute Gasteiger partial charge is 0.244 e. The van der Waals surface area contributed by atoms with E-state index in [1.54, 1.807) is 22.8 Å². The zero-order valence-electron chi connectivity index (χ0n) is 16.3. The lowest BCUT2D eigenvalue weighted by Crippen LogP contribution is -2.35. The molecular formula is C21H24N4O4. The lowest BCUT2D eigenvalue weighted by molar-refractivity contribution is -0.132. The van der Waals surface area contributed by atoms with Gasteiger partial charge in [-0.3, -0.25) is 4.79 Å². The summed E-state index contributed by atoms with van der Waals surface area (Å²) in [7, 11) is 1.60. The van der Waals surface area contributed by atoms with Crippen molar-refractivity contribution >= 4 is 16.9 Å². The molecule has 1 N–H and O–H groups in total. The summed E-state index contributed by atoms with van der Waals surface area (Å²) in [5.74, 6) is 1.29. The molecule has 1 saturated heterocycles. The Bertz CT molecular complexity index is 989. The Labute approximate surface area is 168 Å². The lowest BCUT2D eigenvalue weighted by Gasteiger charge is -2.22. The average molecular weight is 396 g/mol. The molecule has 8 nitrogen and oxygen atoms in total. The van der Waals surface area contributed by atoms with Crippen molar-refractivity contribution in [2.45, 2.75) is 31.6 Å². The van der Waals surface area contributed by atoms with E-state index >= 15 is 0 Å². The highest BCUT2D eigenvalue weighted by Gasteiger charge is 2.28. The van der Waals surface area contributed by atoms with Crippen LogP contribution in [0.4, 0.5) is 0 Å². The van der Waals surface area contributed by atoms with Gasteiger partial charge >= 0.3 is 0 Å². The van der Waals surface area contributed by atoms with Gasteiger partial charge in [0.2, 0.25) is 5.91 Å². The third-order valence-electron chi connectivity index (χ3n) is 5.19.